The summed E-state index contributed by atoms with van der Waals surface area (Å²) in [7, 11) is 0. The molecule has 38 heavy (non-hydrogen) atoms. The summed E-state index contributed by atoms with van der Waals surface area (Å²) in [4.78, 5) is 0. The summed E-state index contributed by atoms with van der Waals surface area (Å²) in [5.41, 5.74) is 8.86. The first-order valence-electron chi connectivity index (χ1n) is 13.5. The van der Waals surface area contributed by atoms with Gasteiger partial charge in [-0.1, -0.05) is 129 Å². The maximum absolute atomic E-state index is 4.38. The quantitative estimate of drug-likeness (QED) is 0.161. The summed E-state index contributed by atoms with van der Waals surface area (Å²) in [5, 5.41) is 7.63. The molecular formula is C38H32. The molecule has 184 valence electrons. The Morgan fingerprint density at radius 2 is 1.26 bits per heavy atom. The number of fused-ring (bicyclic) bond motifs is 3. The molecule has 0 aliphatic heterocycles. The molecule has 0 amide bonds. The van der Waals surface area contributed by atoms with Crippen molar-refractivity contribution in [3.63, 3.8) is 0 Å². The zero-order valence-corrected chi connectivity index (χ0v) is 22.2. The van der Waals surface area contributed by atoms with Crippen molar-refractivity contribution in [2.75, 3.05) is 0 Å². The predicted molar refractivity (Wildman–Crippen MR) is 167 cm³/mol. The van der Waals surface area contributed by atoms with Crippen LogP contribution in [0.15, 0.2) is 134 Å². The highest BCUT2D eigenvalue weighted by molar-refractivity contribution is 6.22. The van der Waals surface area contributed by atoms with Gasteiger partial charge in [0.2, 0.25) is 0 Å². The normalized spacial score (nSPS) is 12.2. The highest BCUT2D eigenvalue weighted by Gasteiger charge is 2.23. The molecule has 0 heterocycles. The average Bonchev–Trinajstić information content (AvgIpc) is 2.96. The van der Waals surface area contributed by atoms with Crippen LogP contribution in [0.2, 0.25) is 0 Å². The Labute approximate surface area is 225 Å². The van der Waals surface area contributed by atoms with Crippen molar-refractivity contribution in [3.8, 4) is 22.3 Å². The van der Waals surface area contributed by atoms with Crippen molar-refractivity contribution < 1.29 is 0 Å². The van der Waals surface area contributed by atoms with Gasteiger partial charge in [-0.3, -0.25) is 0 Å². The van der Waals surface area contributed by atoms with Crippen LogP contribution in [-0.2, 0) is 0 Å². The van der Waals surface area contributed by atoms with Crippen LogP contribution in [0.1, 0.15) is 30.4 Å². The molecule has 0 spiro atoms. The second-order valence-corrected chi connectivity index (χ2v) is 10.2. The molecule has 6 rings (SSSR count). The third kappa shape index (κ3) is 3.85. The standard InChI is InChI=1S/C38H32/c1-5-25(3)30(6-2)36-26(4)14-13-21-35(36)38-33-19-11-9-17-31(33)37(32-18-10-12-20-34(32)38)29-23-22-27-15-7-8-16-28(27)24-29/h5,7-24,30H,1,3,6H2,2,4H3. The Morgan fingerprint density at radius 3 is 1.87 bits per heavy atom. The molecule has 0 aliphatic rings. The van der Waals surface area contributed by atoms with Gasteiger partial charge in [0.25, 0.3) is 0 Å². The van der Waals surface area contributed by atoms with E-state index in [1.807, 2.05) is 6.08 Å². The largest absolute Gasteiger partial charge is 0.0988 e. The minimum atomic E-state index is 0.224. The van der Waals surface area contributed by atoms with Gasteiger partial charge in [-0.25, -0.2) is 0 Å². The van der Waals surface area contributed by atoms with Crippen LogP contribution < -0.4 is 0 Å². The Bertz CT molecular complexity index is 1790. The minimum absolute atomic E-state index is 0.224. The van der Waals surface area contributed by atoms with Crippen LogP contribution >= 0.6 is 0 Å². The fourth-order valence-electron chi connectivity index (χ4n) is 6.23. The van der Waals surface area contributed by atoms with E-state index in [1.165, 1.54) is 65.7 Å². The smallest absolute Gasteiger partial charge is 0.00894 e. The van der Waals surface area contributed by atoms with Crippen LogP contribution in [-0.4, -0.2) is 0 Å². The summed E-state index contributed by atoms with van der Waals surface area (Å²) in [6, 6.07) is 40.0. The molecule has 0 aliphatic carbocycles. The Kier molecular flexibility index (Phi) is 6.18. The van der Waals surface area contributed by atoms with Gasteiger partial charge in [0, 0.05) is 5.92 Å². The molecule has 0 fully saturated rings. The molecule has 1 atom stereocenters. The van der Waals surface area contributed by atoms with Crippen LogP contribution in [0.4, 0.5) is 0 Å². The number of aryl methyl sites for hydroxylation is 1. The molecule has 6 aromatic carbocycles. The lowest BCUT2D eigenvalue weighted by molar-refractivity contribution is 0.775. The highest BCUT2D eigenvalue weighted by Crippen LogP contribution is 2.47. The number of benzene rings is 6. The highest BCUT2D eigenvalue weighted by atomic mass is 14.3. The summed E-state index contributed by atoms with van der Waals surface area (Å²) < 4.78 is 0. The molecule has 0 aromatic heterocycles. The summed E-state index contributed by atoms with van der Waals surface area (Å²) in [6.45, 7) is 12.9. The lowest BCUT2D eigenvalue weighted by atomic mass is 9.79. The van der Waals surface area contributed by atoms with Crippen LogP contribution in [0.25, 0.3) is 54.6 Å². The first-order chi connectivity index (χ1) is 18.6. The molecule has 0 heteroatoms. The summed E-state index contributed by atoms with van der Waals surface area (Å²) in [5.74, 6) is 0.224. The number of hydrogen-bond donors (Lipinski definition) is 0. The Hall–Kier alpha value is -4.42. The van der Waals surface area contributed by atoms with Gasteiger partial charge in [0.15, 0.2) is 0 Å². The fraction of sp³-hybridized carbons (Fsp3) is 0.105. The zero-order chi connectivity index (χ0) is 26.2. The SMILES string of the molecule is C=CC(=C)C(CC)c1c(C)cccc1-c1c2ccccc2c(-c2ccc3ccccc3c2)c2ccccc12. The van der Waals surface area contributed by atoms with E-state index in [9.17, 15) is 0 Å². The predicted octanol–water partition coefficient (Wildman–Crippen LogP) is 11.0. The van der Waals surface area contributed by atoms with Gasteiger partial charge >= 0.3 is 0 Å². The first-order valence-corrected chi connectivity index (χ1v) is 13.5. The average molecular weight is 489 g/mol. The minimum Gasteiger partial charge on any atom is -0.0988 e. The van der Waals surface area contributed by atoms with E-state index >= 15 is 0 Å². The van der Waals surface area contributed by atoms with Gasteiger partial charge in [0.05, 0.1) is 0 Å². The van der Waals surface area contributed by atoms with Crippen molar-refractivity contribution in [2.45, 2.75) is 26.2 Å². The maximum Gasteiger partial charge on any atom is 0.00894 e. The van der Waals surface area contributed by atoms with Crippen LogP contribution in [0.3, 0.4) is 0 Å². The summed E-state index contributed by atoms with van der Waals surface area (Å²) >= 11 is 0. The van der Waals surface area contributed by atoms with E-state index in [0.29, 0.717) is 0 Å². The molecule has 6 aromatic rings. The monoisotopic (exact) mass is 488 g/mol. The molecule has 0 nitrogen and oxygen atoms in total. The molecule has 0 saturated heterocycles. The zero-order valence-electron chi connectivity index (χ0n) is 22.2. The van der Waals surface area contributed by atoms with Crippen molar-refractivity contribution in [2.24, 2.45) is 0 Å². The maximum atomic E-state index is 4.38. The van der Waals surface area contributed by atoms with Crippen molar-refractivity contribution in [3.05, 3.63) is 145 Å². The molecule has 0 N–H and O–H groups in total. The molecule has 0 saturated carbocycles. The third-order valence-corrected chi connectivity index (χ3v) is 8.03. The van der Waals surface area contributed by atoms with Crippen LogP contribution in [0.5, 0.6) is 0 Å². The number of allylic oxidation sites excluding steroid dienone is 2. The Balaban J connectivity index is 1.75. The van der Waals surface area contributed by atoms with E-state index in [2.05, 4.69) is 136 Å². The second kappa shape index (κ2) is 9.80. The first kappa shape index (κ1) is 23.9. The van der Waals surface area contributed by atoms with E-state index < -0.39 is 0 Å². The second-order valence-electron chi connectivity index (χ2n) is 10.2. The van der Waals surface area contributed by atoms with Gasteiger partial charge in [0.1, 0.15) is 0 Å². The Morgan fingerprint density at radius 1 is 0.684 bits per heavy atom. The van der Waals surface area contributed by atoms with E-state index in [-0.39, 0.29) is 5.92 Å². The summed E-state index contributed by atoms with van der Waals surface area (Å²) in [6.07, 6.45) is 2.90. The van der Waals surface area contributed by atoms with E-state index in [1.54, 1.807) is 0 Å². The number of hydrogen-bond acceptors (Lipinski definition) is 0. The van der Waals surface area contributed by atoms with Gasteiger partial charge < -0.3 is 0 Å². The third-order valence-electron chi connectivity index (χ3n) is 8.03. The molecule has 0 radical (unpaired) electrons. The van der Waals surface area contributed by atoms with Gasteiger partial charge in [-0.05, 0) is 90.7 Å². The number of rotatable bonds is 6. The topological polar surface area (TPSA) is 0 Å². The van der Waals surface area contributed by atoms with Crippen molar-refractivity contribution in [1.82, 2.24) is 0 Å². The van der Waals surface area contributed by atoms with E-state index in [4.69, 9.17) is 0 Å². The van der Waals surface area contributed by atoms with Gasteiger partial charge in [-0.2, -0.15) is 0 Å². The fourth-order valence-corrected chi connectivity index (χ4v) is 6.23. The molecular weight excluding hydrogens is 456 g/mol. The lowest BCUT2D eigenvalue weighted by Crippen LogP contribution is -2.05. The van der Waals surface area contributed by atoms with Crippen molar-refractivity contribution >= 4 is 32.3 Å². The van der Waals surface area contributed by atoms with Crippen molar-refractivity contribution in [1.29, 1.82) is 0 Å². The van der Waals surface area contributed by atoms with Crippen LogP contribution in [0, 0.1) is 6.92 Å². The lowest BCUT2D eigenvalue weighted by Gasteiger charge is -2.25. The van der Waals surface area contributed by atoms with Gasteiger partial charge in [-0.15, -0.1) is 0 Å². The van der Waals surface area contributed by atoms with E-state index in [0.717, 1.165) is 12.0 Å². The molecule has 1 unspecified atom stereocenters. The molecule has 0 bridgehead atoms.